The summed E-state index contributed by atoms with van der Waals surface area (Å²) in [5.41, 5.74) is 0. The Morgan fingerprint density at radius 3 is 2.40 bits per heavy atom. The van der Waals surface area contributed by atoms with Crippen LogP contribution >= 0.6 is 0 Å². The lowest BCUT2D eigenvalue weighted by atomic mass is 9.89. The first kappa shape index (κ1) is 19.9. The monoisotopic (exact) mass is 353 g/mol. The topological polar surface area (TPSA) is 52.7 Å². The van der Waals surface area contributed by atoms with Crippen molar-refractivity contribution in [2.75, 3.05) is 32.7 Å². The van der Waals surface area contributed by atoms with Gasteiger partial charge >= 0.3 is 0 Å². The lowest BCUT2D eigenvalue weighted by Crippen LogP contribution is -2.51. The summed E-state index contributed by atoms with van der Waals surface area (Å²) in [7, 11) is 0. The fourth-order valence-electron chi connectivity index (χ4n) is 3.46. The van der Waals surface area contributed by atoms with E-state index in [2.05, 4.69) is 5.32 Å². The highest BCUT2D eigenvalue weighted by atomic mass is 19.1. The van der Waals surface area contributed by atoms with Crippen LogP contribution in [0.4, 0.5) is 4.39 Å². The van der Waals surface area contributed by atoms with E-state index in [1.54, 1.807) is 4.90 Å². The number of hydrogen-bond acceptors (Lipinski definition) is 3. The molecule has 0 radical (unpaired) electrons. The average molecular weight is 353 g/mol. The highest BCUT2D eigenvalue weighted by Crippen LogP contribution is 2.26. The predicted octanol–water partition coefficient (Wildman–Crippen LogP) is 2.48. The van der Waals surface area contributed by atoms with Crippen LogP contribution in [-0.4, -0.2) is 60.4 Å². The molecule has 2 rings (SSSR count). The number of rotatable bonds is 6. The molecule has 142 valence electrons. The number of nitrogens with one attached hydrogen (secondary N) is 1. The molecule has 1 atom stereocenters. The molecule has 0 spiro atoms. The normalized spacial score (nSPS) is 21.9. The highest BCUT2D eigenvalue weighted by molar-refractivity contribution is 5.91. The summed E-state index contributed by atoms with van der Waals surface area (Å²) < 4.78 is 14.2. The average Bonchev–Trinajstić information content (AvgIpc) is 2.62. The van der Waals surface area contributed by atoms with Crippen LogP contribution in [0.25, 0.3) is 0 Å². The number of halogens is 1. The molecule has 1 saturated carbocycles. The smallest absolute Gasteiger partial charge is 0.282 e. The number of piperazine rings is 1. The molecule has 25 heavy (non-hydrogen) atoms. The number of carbonyl (C=O) groups excluding carboxylic acids is 2. The van der Waals surface area contributed by atoms with Gasteiger partial charge in [0.2, 0.25) is 5.91 Å². The summed E-state index contributed by atoms with van der Waals surface area (Å²) in [6.45, 7) is 6.52. The Hall–Kier alpha value is -1.43. The number of hydrogen-bond donors (Lipinski definition) is 1. The molecule has 0 aromatic rings. The Balaban J connectivity index is 1.76. The van der Waals surface area contributed by atoms with Gasteiger partial charge in [0.05, 0.1) is 6.54 Å². The van der Waals surface area contributed by atoms with E-state index in [4.69, 9.17) is 0 Å². The zero-order valence-corrected chi connectivity index (χ0v) is 15.6. The van der Waals surface area contributed by atoms with E-state index in [1.165, 1.54) is 12.5 Å². The van der Waals surface area contributed by atoms with Gasteiger partial charge in [-0.05, 0) is 38.2 Å². The van der Waals surface area contributed by atoms with Gasteiger partial charge in [-0.1, -0.05) is 26.2 Å². The zero-order chi connectivity index (χ0) is 18.2. The van der Waals surface area contributed by atoms with Crippen molar-refractivity contribution in [1.82, 2.24) is 15.1 Å². The Kier molecular flexibility index (Phi) is 7.88. The molecule has 1 N–H and O–H groups in total. The summed E-state index contributed by atoms with van der Waals surface area (Å²) in [6.07, 6.45) is 7.88. The summed E-state index contributed by atoms with van der Waals surface area (Å²) in [6, 6.07) is 0.175. The van der Waals surface area contributed by atoms with Crippen molar-refractivity contribution in [3.63, 3.8) is 0 Å². The lowest BCUT2D eigenvalue weighted by molar-refractivity contribution is -0.131. The van der Waals surface area contributed by atoms with E-state index < -0.39 is 11.7 Å². The zero-order valence-electron chi connectivity index (χ0n) is 15.6. The molecule has 0 aromatic heterocycles. The Morgan fingerprint density at radius 1 is 1.16 bits per heavy atom. The van der Waals surface area contributed by atoms with Crippen LogP contribution in [0, 0.1) is 5.92 Å². The fraction of sp³-hybridized carbons (Fsp3) is 0.789. The molecule has 1 aliphatic heterocycles. The fourth-order valence-corrected chi connectivity index (χ4v) is 3.46. The number of allylic oxidation sites excluding steroid dienone is 1. The molecule has 2 fully saturated rings. The van der Waals surface area contributed by atoms with Crippen molar-refractivity contribution in [3.8, 4) is 0 Å². The van der Waals surface area contributed by atoms with E-state index in [0.29, 0.717) is 32.7 Å². The Morgan fingerprint density at radius 2 is 1.80 bits per heavy atom. The van der Waals surface area contributed by atoms with Gasteiger partial charge in [-0.2, -0.15) is 0 Å². The second kappa shape index (κ2) is 9.90. The summed E-state index contributed by atoms with van der Waals surface area (Å²) >= 11 is 0. The maximum atomic E-state index is 14.2. The molecular formula is C19H32FN3O2. The molecule has 0 aromatic carbocycles. The summed E-state index contributed by atoms with van der Waals surface area (Å²) in [5.74, 6) is -0.870. The summed E-state index contributed by atoms with van der Waals surface area (Å²) in [4.78, 5) is 27.8. The predicted molar refractivity (Wildman–Crippen MR) is 96.7 cm³/mol. The van der Waals surface area contributed by atoms with Gasteiger partial charge in [-0.3, -0.25) is 14.5 Å². The molecule has 0 bridgehead atoms. The van der Waals surface area contributed by atoms with Crippen molar-refractivity contribution in [2.45, 2.75) is 58.4 Å². The third-order valence-electron chi connectivity index (χ3n) is 5.28. The molecular weight excluding hydrogens is 321 g/mol. The van der Waals surface area contributed by atoms with Crippen molar-refractivity contribution in [3.05, 3.63) is 11.9 Å². The third-order valence-corrected chi connectivity index (χ3v) is 5.28. The second-order valence-corrected chi connectivity index (χ2v) is 7.36. The molecule has 1 heterocycles. The van der Waals surface area contributed by atoms with Crippen LogP contribution in [-0.2, 0) is 9.59 Å². The number of carbonyl (C=O) groups is 2. The van der Waals surface area contributed by atoms with Gasteiger partial charge in [0.15, 0.2) is 5.83 Å². The molecule has 2 amide bonds. The molecule has 1 aliphatic carbocycles. The quantitative estimate of drug-likeness (QED) is 0.747. The molecule has 6 heteroatoms. The van der Waals surface area contributed by atoms with Gasteiger partial charge in [-0.25, -0.2) is 4.39 Å². The molecule has 0 unspecified atom stereocenters. The van der Waals surface area contributed by atoms with E-state index in [-0.39, 0.29) is 17.9 Å². The molecule has 5 nitrogen and oxygen atoms in total. The number of nitrogens with zero attached hydrogens (tertiary/aromatic N) is 2. The van der Waals surface area contributed by atoms with Gasteiger partial charge in [0.1, 0.15) is 0 Å². The minimum atomic E-state index is -0.602. The molecule has 1 saturated heterocycles. The SMILES string of the molecule is CC[C@@H](C)NC(=O)CN1CCN(C(=O)/C(F)=C/C2CCCCC2)CC1. The van der Waals surface area contributed by atoms with Gasteiger partial charge in [0, 0.05) is 32.2 Å². The first-order chi connectivity index (χ1) is 12.0. The Bertz CT molecular complexity index is 481. The van der Waals surface area contributed by atoms with Crippen LogP contribution in [0.5, 0.6) is 0 Å². The summed E-state index contributed by atoms with van der Waals surface area (Å²) in [5, 5.41) is 2.94. The van der Waals surface area contributed by atoms with Crippen LogP contribution in [0.3, 0.4) is 0 Å². The van der Waals surface area contributed by atoms with Crippen molar-refractivity contribution in [1.29, 1.82) is 0 Å². The second-order valence-electron chi connectivity index (χ2n) is 7.36. The van der Waals surface area contributed by atoms with Crippen LogP contribution in [0.15, 0.2) is 11.9 Å². The van der Waals surface area contributed by atoms with Gasteiger partial charge < -0.3 is 10.2 Å². The van der Waals surface area contributed by atoms with E-state index in [9.17, 15) is 14.0 Å². The van der Waals surface area contributed by atoms with E-state index in [0.717, 1.165) is 32.1 Å². The van der Waals surface area contributed by atoms with Crippen LogP contribution in [0.1, 0.15) is 52.4 Å². The van der Waals surface area contributed by atoms with Gasteiger partial charge in [0.25, 0.3) is 5.91 Å². The minimum Gasteiger partial charge on any atom is -0.353 e. The molecule has 2 aliphatic rings. The standard InChI is InChI=1S/C19H32FN3O2/c1-3-15(2)21-18(24)14-22-9-11-23(12-10-22)19(25)17(20)13-16-7-5-4-6-8-16/h13,15-16H,3-12,14H2,1-2H3,(H,21,24)/b17-13-/t15-/m1/s1. The highest BCUT2D eigenvalue weighted by Gasteiger charge is 2.25. The van der Waals surface area contributed by atoms with Crippen LogP contribution in [0.2, 0.25) is 0 Å². The van der Waals surface area contributed by atoms with E-state index in [1.807, 2.05) is 18.7 Å². The number of amides is 2. The third kappa shape index (κ3) is 6.42. The van der Waals surface area contributed by atoms with Crippen molar-refractivity contribution in [2.24, 2.45) is 5.92 Å². The first-order valence-electron chi connectivity index (χ1n) is 9.68. The lowest BCUT2D eigenvalue weighted by Gasteiger charge is -2.34. The minimum absolute atomic E-state index is 0.0116. The van der Waals surface area contributed by atoms with Gasteiger partial charge in [-0.15, -0.1) is 0 Å². The van der Waals surface area contributed by atoms with Crippen LogP contribution < -0.4 is 5.32 Å². The van der Waals surface area contributed by atoms with Crippen molar-refractivity contribution >= 4 is 11.8 Å². The van der Waals surface area contributed by atoms with E-state index >= 15 is 0 Å². The largest absolute Gasteiger partial charge is 0.353 e. The Labute approximate surface area is 150 Å². The first-order valence-corrected chi connectivity index (χ1v) is 9.68. The maximum absolute atomic E-state index is 14.2. The van der Waals surface area contributed by atoms with Crippen molar-refractivity contribution < 1.29 is 14.0 Å². The maximum Gasteiger partial charge on any atom is 0.282 e.